The molecule has 6 heteroatoms. The van der Waals surface area contributed by atoms with Gasteiger partial charge in [-0.2, -0.15) is 0 Å². The van der Waals surface area contributed by atoms with E-state index < -0.39 is 5.60 Å². The third-order valence-corrected chi connectivity index (χ3v) is 5.51. The number of nitrogens with zero attached hydrogens (tertiary/aromatic N) is 1. The van der Waals surface area contributed by atoms with Crippen LogP contribution in [0.5, 0.6) is 5.75 Å². The molecule has 1 saturated heterocycles. The van der Waals surface area contributed by atoms with E-state index in [-0.39, 0.29) is 18.1 Å². The molecule has 2 aliphatic rings. The summed E-state index contributed by atoms with van der Waals surface area (Å²) in [5, 5.41) is 0.758. The van der Waals surface area contributed by atoms with Crippen LogP contribution in [0.2, 0.25) is 10.0 Å². The number of fused-ring (bicyclic) bond motifs is 1. The van der Waals surface area contributed by atoms with E-state index in [0.29, 0.717) is 46.4 Å². The SMILES string of the molecule is O=C1CC2(CCN(C(=O)c3ccc(Cl)c(Cl)c3)C2)Oc2ccccc21. The zero-order chi connectivity index (χ0) is 17.6. The average molecular weight is 376 g/mol. The van der Waals surface area contributed by atoms with Gasteiger partial charge < -0.3 is 9.64 Å². The monoisotopic (exact) mass is 375 g/mol. The van der Waals surface area contributed by atoms with E-state index in [9.17, 15) is 9.59 Å². The summed E-state index contributed by atoms with van der Waals surface area (Å²) in [5.74, 6) is 0.527. The number of ketones is 1. The molecule has 1 spiro atoms. The summed E-state index contributed by atoms with van der Waals surface area (Å²) in [6.07, 6.45) is 0.912. The number of likely N-dealkylation sites (tertiary alicyclic amines) is 1. The molecule has 4 rings (SSSR count). The van der Waals surface area contributed by atoms with Crippen LogP contribution in [0.1, 0.15) is 33.6 Å². The molecule has 1 fully saturated rings. The highest BCUT2D eigenvalue weighted by molar-refractivity contribution is 6.42. The Labute approximate surface area is 155 Å². The molecule has 0 aliphatic carbocycles. The Kier molecular flexibility index (Phi) is 3.97. The maximum absolute atomic E-state index is 12.7. The maximum atomic E-state index is 12.7. The molecule has 2 heterocycles. The second kappa shape index (κ2) is 6.04. The molecule has 128 valence electrons. The van der Waals surface area contributed by atoms with Gasteiger partial charge in [-0.05, 0) is 30.3 Å². The minimum atomic E-state index is -0.642. The molecular formula is C19H15Cl2NO3. The normalized spacial score (nSPS) is 22.0. The van der Waals surface area contributed by atoms with Gasteiger partial charge in [-0.3, -0.25) is 9.59 Å². The van der Waals surface area contributed by atoms with Gasteiger partial charge in [0.15, 0.2) is 5.78 Å². The lowest BCUT2D eigenvalue weighted by molar-refractivity contribution is 0.0428. The fraction of sp³-hybridized carbons (Fsp3) is 0.263. The average Bonchev–Trinajstić information content (AvgIpc) is 3.00. The number of benzene rings is 2. The van der Waals surface area contributed by atoms with Crippen molar-refractivity contribution in [3.05, 3.63) is 63.6 Å². The number of rotatable bonds is 1. The first-order chi connectivity index (χ1) is 12.0. The first-order valence-electron chi connectivity index (χ1n) is 8.03. The van der Waals surface area contributed by atoms with Crippen molar-refractivity contribution in [1.29, 1.82) is 0 Å². The van der Waals surface area contributed by atoms with Gasteiger partial charge in [-0.25, -0.2) is 0 Å². The Hall–Kier alpha value is -2.04. The highest BCUT2D eigenvalue weighted by atomic mass is 35.5. The Morgan fingerprint density at radius 2 is 1.92 bits per heavy atom. The van der Waals surface area contributed by atoms with Gasteiger partial charge >= 0.3 is 0 Å². The van der Waals surface area contributed by atoms with E-state index >= 15 is 0 Å². The lowest BCUT2D eigenvalue weighted by Crippen LogP contribution is -2.45. The van der Waals surface area contributed by atoms with Crippen molar-refractivity contribution in [3.8, 4) is 5.75 Å². The first kappa shape index (κ1) is 16.4. The van der Waals surface area contributed by atoms with Gasteiger partial charge in [0.25, 0.3) is 5.91 Å². The highest BCUT2D eigenvalue weighted by Crippen LogP contribution is 2.39. The number of carbonyl (C=O) groups is 2. The zero-order valence-electron chi connectivity index (χ0n) is 13.3. The van der Waals surface area contributed by atoms with Crippen LogP contribution in [0.4, 0.5) is 0 Å². The van der Waals surface area contributed by atoms with E-state index in [4.69, 9.17) is 27.9 Å². The second-order valence-electron chi connectivity index (χ2n) is 6.49. The lowest BCUT2D eigenvalue weighted by Gasteiger charge is -2.34. The van der Waals surface area contributed by atoms with Crippen molar-refractivity contribution in [2.24, 2.45) is 0 Å². The van der Waals surface area contributed by atoms with E-state index in [1.807, 2.05) is 12.1 Å². The number of para-hydroxylation sites is 1. The maximum Gasteiger partial charge on any atom is 0.254 e. The summed E-state index contributed by atoms with van der Waals surface area (Å²) < 4.78 is 6.15. The molecule has 0 saturated carbocycles. The standard InChI is InChI=1S/C19H15Cl2NO3/c20-14-6-5-12(9-15(14)21)18(24)22-8-7-19(11-22)10-16(23)13-3-1-2-4-17(13)25-19/h1-6,9H,7-8,10-11H2. The van der Waals surface area contributed by atoms with Crippen LogP contribution in [-0.2, 0) is 0 Å². The van der Waals surface area contributed by atoms with Gasteiger partial charge in [-0.15, -0.1) is 0 Å². The molecule has 4 nitrogen and oxygen atoms in total. The number of amides is 1. The minimum absolute atomic E-state index is 0.0608. The number of halogens is 2. The van der Waals surface area contributed by atoms with Gasteiger partial charge in [0, 0.05) is 18.5 Å². The van der Waals surface area contributed by atoms with Crippen molar-refractivity contribution >= 4 is 34.9 Å². The summed E-state index contributed by atoms with van der Waals surface area (Å²) in [6, 6.07) is 12.1. The topological polar surface area (TPSA) is 46.6 Å². The quantitative estimate of drug-likeness (QED) is 0.748. The summed E-state index contributed by atoms with van der Waals surface area (Å²) in [5.41, 5.74) is 0.452. The molecular weight excluding hydrogens is 361 g/mol. The molecule has 25 heavy (non-hydrogen) atoms. The summed E-state index contributed by atoms with van der Waals surface area (Å²) in [4.78, 5) is 26.9. The van der Waals surface area contributed by atoms with Crippen LogP contribution in [0, 0.1) is 0 Å². The predicted octanol–water partition coefficient (Wildman–Crippen LogP) is 4.24. The number of hydrogen-bond donors (Lipinski definition) is 0. The minimum Gasteiger partial charge on any atom is -0.484 e. The van der Waals surface area contributed by atoms with Crippen LogP contribution < -0.4 is 4.74 Å². The molecule has 0 bridgehead atoms. The number of ether oxygens (including phenoxy) is 1. The first-order valence-corrected chi connectivity index (χ1v) is 8.79. The van der Waals surface area contributed by atoms with Gasteiger partial charge in [0.05, 0.1) is 28.6 Å². The summed E-state index contributed by atoms with van der Waals surface area (Å²) in [7, 11) is 0. The van der Waals surface area contributed by atoms with Crippen molar-refractivity contribution < 1.29 is 14.3 Å². The zero-order valence-corrected chi connectivity index (χ0v) is 14.8. The van der Waals surface area contributed by atoms with Crippen molar-refractivity contribution in [2.45, 2.75) is 18.4 Å². The van der Waals surface area contributed by atoms with Crippen molar-refractivity contribution in [3.63, 3.8) is 0 Å². The summed E-state index contributed by atoms with van der Waals surface area (Å²) in [6.45, 7) is 0.917. The van der Waals surface area contributed by atoms with Crippen LogP contribution in [0.15, 0.2) is 42.5 Å². The molecule has 2 aromatic rings. The Bertz CT molecular complexity index is 883. The number of carbonyl (C=O) groups excluding carboxylic acids is 2. The van der Waals surface area contributed by atoms with Gasteiger partial charge in [0.2, 0.25) is 0 Å². The largest absolute Gasteiger partial charge is 0.484 e. The fourth-order valence-electron chi connectivity index (χ4n) is 3.50. The van der Waals surface area contributed by atoms with E-state index in [1.165, 1.54) is 0 Å². The Morgan fingerprint density at radius 3 is 2.72 bits per heavy atom. The predicted molar refractivity (Wildman–Crippen MR) is 95.7 cm³/mol. The Morgan fingerprint density at radius 1 is 1.12 bits per heavy atom. The highest BCUT2D eigenvalue weighted by Gasteiger charge is 2.47. The molecule has 1 amide bonds. The summed E-state index contributed by atoms with van der Waals surface area (Å²) >= 11 is 11.9. The smallest absolute Gasteiger partial charge is 0.254 e. The van der Waals surface area contributed by atoms with Gasteiger partial charge in [0.1, 0.15) is 11.4 Å². The van der Waals surface area contributed by atoms with Crippen LogP contribution in [-0.4, -0.2) is 35.3 Å². The fourth-order valence-corrected chi connectivity index (χ4v) is 3.80. The third kappa shape index (κ3) is 2.90. The van der Waals surface area contributed by atoms with Crippen molar-refractivity contribution in [1.82, 2.24) is 4.90 Å². The number of hydrogen-bond acceptors (Lipinski definition) is 3. The Balaban J connectivity index is 1.56. The van der Waals surface area contributed by atoms with E-state index in [2.05, 4.69) is 0 Å². The molecule has 1 unspecified atom stereocenters. The van der Waals surface area contributed by atoms with E-state index in [1.54, 1.807) is 35.2 Å². The number of Topliss-reactive ketones (excluding diaryl/α,β-unsaturated/α-hetero) is 1. The molecule has 0 N–H and O–H groups in total. The van der Waals surface area contributed by atoms with Crippen molar-refractivity contribution in [2.75, 3.05) is 13.1 Å². The van der Waals surface area contributed by atoms with Crippen LogP contribution in [0.25, 0.3) is 0 Å². The van der Waals surface area contributed by atoms with Crippen LogP contribution in [0.3, 0.4) is 0 Å². The van der Waals surface area contributed by atoms with E-state index in [0.717, 1.165) is 0 Å². The molecule has 2 aliphatic heterocycles. The van der Waals surface area contributed by atoms with Gasteiger partial charge in [-0.1, -0.05) is 35.3 Å². The third-order valence-electron chi connectivity index (χ3n) is 4.77. The lowest BCUT2D eigenvalue weighted by atomic mass is 9.89. The molecule has 0 radical (unpaired) electrons. The van der Waals surface area contributed by atoms with Crippen LogP contribution >= 0.6 is 23.2 Å². The molecule has 1 atom stereocenters. The second-order valence-corrected chi connectivity index (χ2v) is 7.30. The molecule has 0 aromatic heterocycles. The molecule has 2 aromatic carbocycles.